The molecule has 0 radical (unpaired) electrons. The molecule has 0 aliphatic heterocycles. The normalized spacial score (nSPS) is 12.2. The molecule has 0 aliphatic rings. The SMILES string of the molecule is CCc1csc(C(Cc2ccc(NS(=O)(=O)O)cc2)NC(=O)CC(=O)OC)n1. The number of amides is 1. The summed E-state index contributed by atoms with van der Waals surface area (Å²) in [6, 6.07) is 5.87. The van der Waals surface area contributed by atoms with Gasteiger partial charge < -0.3 is 10.1 Å². The van der Waals surface area contributed by atoms with Crippen LogP contribution in [0.3, 0.4) is 0 Å². The second kappa shape index (κ2) is 9.62. The molecule has 152 valence electrons. The number of aromatic nitrogens is 1. The fourth-order valence-electron chi connectivity index (χ4n) is 2.39. The molecule has 2 rings (SSSR count). The standard InChI is InChI=1S/C17H21N3O6S2/c1-3-12-10-27-17(18-12)14(19-15(21)9-16(22)26-2)8-11-4-6-13(7-5-11)20-28(23,24)25/h4-7,10,14,20H,3,8-9H2,1-2H3,(H,19,21)(H,23,24,25). The largest absolute Gasteiger partial charge is 0.469 e. The third kappa shape index (κ3) is 6.91. The van der Waals surface area contributed by atoms with Crippen molar-refractivity contribution in [2.45, 2.75) is 32.2 Å². The number of methoxy groups -OCH3 is 1. The highest BCUT2D eigenvalue weighted by molar-refractivity contribution is 7.87. The Hall–Kier alpha value is -2.50. The van der Waals surface area contributed by atoms with Crippen LogP contribution < -0.4 is 10.0 Å². The number of hydrogen-bond donors (Lipinski definition) is 3. The average Bonchev–Trinajstić information content (AvgIpc) is 3.10. The highest BCUT2D eigenvalue weighted by Crippen LogP contribution is 2.24. The van der Waals surface area contributed by atoms with Crippen molar-refractivity contribution in [2.24, 2.45) is 0 Å². The summed E-state index contributed by atoms with van der Waals surface area (Å²) < 4.78 is 37.0. The number of aryl methyl sites for hydroxylation is 1. The molecule has 1 amide bonds. The summed E-state index contributed by atoms with van der Waals surface area (Å²) in [5.41, 5.74) is 1.91. The predicted octanol–water partition coefficient (Wildman–Crippen LogP) is 1.88. The molecule has 11 heteroatoms. The quantitative estimate of drug-likeness (QED) is 0.316. The number of nitrogens with one attached hydrogen (secondary N) is 2. The Labute approximate surface area is 167 Å². The van der Waals surface area contributed by atoms with E-state index in [9.17, 15) is 18.0 Å². The van der Waals surface area contributed by atoms with Gasteiger partial charge in [0, 0.05) is 5.38 Å². The first-order valence-electron chi connectivity index (χ1n) is 8.34. The van der Waals surface area contributed by atoms with Crippen molar-refractivity contribution < 1.29 is 27.3 Å². The first kappa shape index (κ1) is 21.8. The molecule has 2 aromatic rings. The summed E-state index contributed by atoms with van der Waals surface area (Å²) in [7, 11) is -3.13. The van der Waals surface area contributed by atoms with Crippen LogP contribution in [0.1, 0.15) is 35.7 Å². The molecule has 28 heavy (non-hydrogen) atoms. The molecule has 0 aliphatic carbocycles. The van der Waals surface area contributed by atoms with Gasteiger partial charge in [0.25, 0.3) is 0 Å². The van der Waals surface area contributed by atoms with Crippen LogP contribution in [0.15, 0.2) is 29.6 Å². The second-order valence-corrected chi connectivity index (χ2v) is 7.93. The van der Waals surface area contributed by atoms with Crippen LogP contribution in [0.2, 0.25) is 0 Å². The van der Waals surface area contributed by atoms with Gasteiger partial charge in [0.15, 0.2) is 0 Å². The summed E-state index contributed by atoms with van der Waals surface area (Å²) in [5.74, 6) is -1.11. The molecule has 0 saturated carbocycles. The zero-order valence-corrected chi connectivity index (χ0v) is 17.0. The van der Waals surface area contributed by atoms with Gasteiger partial charge in [0.1, 0.15) is 11.4 Å². The van der Waals surface area contributed by atoms with E-state index in [0.717, 1.165) is 17.7 Å². The molecule has 1 heterocycles. The number of carbonyl (C=O) groups excluding carboxylic acids is 2. The maximum Gasteiger partial charge on any atom is 0.357 e. The van der Waals surface area contributed by atoms with E-state index in [1.807, 2.05) is 17.0 Å². The fraction of sp³-hybridized carbons (Fsp3) is 0.353. The summed E-state index contributed by atoms with van der Waals surface area (Å²) in [6.07, 6.45) is 0.751. The summed E-state index contributed by atoms with van der Waals surface area (Å²) in [6.45, 7) is 1.98. The van der Waals surface area contributed by atoms with Crippen molar-refractivity contribution in [3.05, 3.63) is 45.9 Å². The van der Waals surface area contributed by atoms with Crippen molar-refractivity contribution >= 4 is 39.2 Å². The molecule has 0 spiro atoms. The Bertz CT molecular complexity index is 925. The van der Waals surface area contributed by atoms with E-state index in [1.54, 1.807) is 12.1 Å². The number of rotatable bonds is 9. The molecule has 1 aromatic heterocycles. The number of benzene rings is 1. The van der Waals surface area contributed by atoms with E-state index in [0.29, 0.717) is 11.4 Å². The van der Waals surface area contributed by atoms with E-state index in [1.165, 1.54) is 30.6 Å². The molecule has 0 fully saturated rings. The number of anilines is 1. The van der Waals surface area contributed by atoms with Crippen LogP contribution in [0.5, 0.6) is 0 Å². The van der Waals surface area contributed by atoms with Crippen molar-refractivity contribution in [3.8, 4) is 0 Å². The molecular weight excluding hydrogens is 406 g/mol. The monoisotopic (exact) mass is 427 g/mol. The average molecular weight is 428 g/mol. The summed E-state index contributed by atoms with van der Waals surface area (Å²) in [4.78, 5) is 28.0. The van der Waals surface area contributed by atoms with Crippen LogP contribution in [0.25, 0.3) is 0 Å². The molecule has 3 N–H and O–H groups in total. The van der Waals surface area contributed by atoms with Crippen LogP contribution in [-0.2, 0) is 37.5 Å². The second-order valence-electron chi connectivity index (χ2n) is 5.88. The zero-order chi connectivity index (χ0) is 20.7. The Morgan fingerprint density at radius 3 is 2.50 bits per heavy atom. The van der Waals surface area contributed by atoms with E-state index in [2.05, 4.69) is 15.0 Å². The van der Waals surface area contributed by atoms with Gasteiger partial charge in [-0.2, -0.15) is 8.42 Å². The van der Waals surface area contributed by atoms with Gasteiger partial charge in [-0.05, 0) is 30.5 Å². The van der Waals surface area contributed by atoms with Crippen LogP contribution in [0.4, 0.5) is 5.69 Å². The van der Waals surface area contributed by atoms with Gasteiger partial charge in [0.05, 0.1) is 24.5 Å². The lowest BCUT2D eigenvalue weighted by Gasteiger charge is -2.17. The minimum atomic E-state index is -4.35. The van der Waals surface area contributed by atoms with Crippen molar-refractivity contribution in [3.63, 3.8) is 0 Å². The van der Waals surface area contributed by atoms with E-state index >= 15 is 0 Å². The topological polar surface area (TPSA) is 135 Å². The first-order valence-corrected chi connectivity index (χ1v) is 10.7. The zero-order valence-electron chi connectivity index (χ0n) is 15.3. The minimum absolute atomic E-state index is 0.208. The van der Waals surface area contributed by atoms with Crippen molar-refractivity contribution in [2.75, 3.05) is 11.8 Å². The molecule has 9 nitrogen and oxygen atoms in total. The number of carbonyl (C=O) groups is 2. The minimum Gasteiger partial charge on any atom is -0.469 e. The maximum atomic E-state index is 12.1. The lowest BCUT2D eigenvalue weighted by atomic mass is 10.1. The third-order valence-corrected chi connectivity index (χ3v) is 5.24. The van der Waals surface area contributed by atoms with Crippen LogP contribution in [0, 0.1) is 0 Å². The first-order chi connectivity index (χ1) is 13.2. The number of nitrogens with zero attached hydrogens (tertiary/aromatic N) is 1. The van der Waals surface area contributed by atoms with E-state index < -0.39 is 34.6 Å². The third-order valence-electron chi connectivity index (χ3n) is 3.74. The predicted molar refractivity (Wildman–Crippen MR) is 104 cm³/mol. The highest BCUT2D eigenvalue weighted by atomic mass is 32.2. The maximum absolute atomic E-state index is 12.1. The smallest absolute Gasteiger partial charge is 0.357 e. The van der Waals surface area contributed by atoms with Gasteiger partial charge in [-0.25, -0.2) is 4.98 Å². The van der Waals surface area contributed by atoms with Crippen molar-refractivity contribution in [1.82, 2.24) is 10.3 Å². The van der Waals surface area contributed by atoms with E-state index in [4.69, 9.17) is 4.55 Å². The molecule has 0 bridgehead atoms. The molecule has 1 atom stereocenters. The highest BCUT2D eigenvalue weighted by Gasteiger charge is 2.20. The van der Waals surface area contributed by atoms with Crippen LogP contribution >= 0.6 is 11.3 Å². The van der Waals surface area contributed by atoms with Crippen molar-refractivity contribution in [1.29, 1.82) is 0 Å². The number of ether oxygens (including phenoxy) is 1. The Kier molecular flexibility index (Phi) is 7.49. The van der Waals surface area contributed by atoms with Crippen LogP contribution in [-0.4, -0.2) is 36.9 Å². The van der Waals surface area contributed by atoms with Gasteiger partial charge in [-0.3, -0.25) is 18.9 Å². The molecular formula is C17H21N3O6S2. The number of esters is 1. The van der Waals surface area contributed by atoms with Gasteiger partial charge in [-0.1, -0.05) is 19.1 Å². The summed E-state index contributed by atoms with van der Waals surface area (Å²) in [5, 5.41) is 5.41. The molecule has 1 aromatic carbocycles. The summed E-state index contributed by atoms with van der Waals surface area (Å²) >= 11 is 1.41. The van der Waals surface area contributed by atoms with Gasteiger partial charge in [-0.15, -0.1) is 11.3 Å². The molecule has 1 unspecified atom stereocenters. The van der Waals surface area contributed by atoms with Gasteiger partial charge >= 0.3 is 16.3 Å². The number of hydrogen-bond acceptors (Lipinski definition) is 7. The molecule has 0 saturated heterocycles. The Morgan fingerprint density at radius 2 is 1.96 bits per heavy atom. The van der Waals surface area contributed by atoms with E-state index in [-0.39, 0.29) is 5.69 Å². The lowest BCUT2D eigenvalue weighted by Crippen LogP contribution is -2.31. The van der Waals surface area contributed by atoms with Gasteiger partial charge in [0.2, 0.25) is 5.91 Å². The number of thiazole rings is 1. The fourth-order valence-corrected chi connectivity index (χ4v) is 3.77. The lowest BCUT2D eigenvalue weighted by molar-refractivity contribution is -0.143. The Balaban J connectivity index is 2.16. The Morgan fingerprint density at radius 1 is 1.29 bits per heavy atom.